The normalized spacial score (nSPS) is 15.6. The Morgan fingerprint density at radius 1 is 1.03 bits per heavy atom. The predicted octanol–water partition coefficient (Wildman–Crippen LogP) is 3.55. The summed E-state index contributed by atoms with van der Waals surface area (Å²) < 4.78 is 0. The van der Waals surface area contributed by atoms with Gasteiger partial charge in [-0.1, -0.05) is 48.5 Å². The summed E-state index contributed by atoms with van der Waals surface area (Å²) in [5.41, 5.74) is 2.81. The van der Waals surface area contributed by atoms with Gasteiger partial charge in [0.15, 0.2) is 11.4 Å². The number of ketones is 1. The number of phenols is 1. The molecule has 2 aromatic carbocycles. The first kappa shape index (κ1) is 19.0. The summed E-state index contributed by atoms with van der Waals surface area (Å²) in [4.78, 5) is 37.3. The van der Waals surface area contributed by atoms with E-state index in [1.54, 1.807) is 12.1 Å². The van der Waals surface area contributed by atoms with Crippen LogP contribution in [0.2, 0.25) is 0 Å². The molecule has 0 amide bonds. The van der Waals surface area contributed by atoms with Crippen LogP contribution < -0.4 is 10.9 Å². The number of hydrogen-bond acceptors (Lipinski definition) is 6. The number of anilines is 1. The molecule has 0 saturated heterocycles. The molecule has 0 bridgehead atoms. The number of benzene rings is 2. The molecular formula is C24H20N4O3. The molecule has 0 radical (unpaired) electrons. The van der Waals surface area contributed by atoms with Gasteiger partial charge in [-0.3, -0.25) is 14.6 Å². The maximum Gasteiger partial charge on any atom is 0.262 e. The third-order valence-corrected chi connectivity index (χ3v) is 5.71. The summed E-state index contributed by atoms with van der Waals surface area (Å²) in [5.74, 6) is 0.186. The fourth-order valence-electron chi connectivity index (χ4n) is 4.19. The second kappa shape index (κ2) is 7.68. The molecule has 0 aliphatic heterocycles. The zero-order chi connectivity index (χ0) is 21.4. The molecule has 0 spiro atoms. The van der Waals surface area contributed by atoms with Crippen LogP contribution in [0.3, 0.4) is 0 Å². The van der Waals surface area contributed by atoms with Gasteiger partial charge >= 0.3 is 0 Å². The molecule has 4 aromatic rings. The number of aromatic hydroxyl groups is 1. The van der Waals surface area contributed by atoms with Gasteiger partial charge in [-0.15, -0.1) is 0 Å². The Morgan fingerprint density at radius 3 is 2.61 bits per heavy atom. The Morgan fingerprint density at radius 2 is 1.81 bits per heavy atom. The average molecular weight is 412 g/mol. The molecule has 1 atom stereocenters. The van der Waals surface area contributed by atoms with Gasteiger partial charge in [0.25, 0.3) is 5.56 Å². The largest absolute Gasteiger partial charge is 0.508 e. The molecule has 1 aliphatic carbocycles. The number of fused-ring (bicyclic) bond motifs is 3. The number of aromatic nitrogens is 3. The minimum absolute atomic E-state index is 0.0883. The lowest BCUT2D eigenvalue weighted by Gasteiger charge is -2.25. The fraction of sp³-hybridized carbons (Fsp3) is 0.167. The molecule has 1 aliphatic rings. The van der Waals surface area contributed by atoms with Gasteiger partial charge in [-0.25, -0.2) is 4.98 Å². The van der Waals surface area contributed by atoms with E-state index in [9.17, 15) is 14.7 Å². The number of Topliss-reactive ketones (excluding diaryl/α,β-unsaturated/α-hetero) is 1. The number of carbonyl (C=O) groups excluding carboxylic acids is 1. The lowest BCUT2D eigenvalue weighted by molar-refractivity contribution is 0.0964. The van der Waals surface area contributed by atoms with Crippen molar-refractivity contribution in [2.75, 3.05) is 5.32 Å². The van der Waals surface area contributed by atoms with Gasteiger partial charge in [0, 0.05) is 24.7 Å². The second-order valence-electron chi connectivity index (χ2n) is 7.69. The number of hydrogen-bond donors (Lipinski definition) is 3. The zero-order valence-corrected chi connectivity index (χ0v) is 16.6. The third kappa shape index (κ3) is 3.54. The number of aromatic amines is 1. The number of H-pyrrole nitrogens is 1. The summed E-state index contributed by atoms with van der Waals surface area (Å²) in [5, 5.41) is 13.7. The van der Waals surface area contributed by atoms with E-state index >= 15 is 0 Å². The minimum atomic E-state index is -0.337. The average Bonchev–Trinajstić information content (AvgIpc) is 2.78. The van der Waals surface area contributed by atoms with E-state index in [-0.39, 0.29) is 29.4 Å². The van der Waals surface area contributed by atoms with Crippen LogP contribution in [0, 0.1) is 0 Å². The van der Waals surface area contributed by atoms with E-state index in [0.717, 1.165) is 5.56 Å². The van der Waals surface area contributed by atoms with Crippen molar-refractivity contribution in [2.45, 2.75) is 25.3 Å². The minimum Gasteiger partial charge on any atom is -0.508 e. The van der Waals surface area contributed by atoms with Crippen molar-refractivity contribution in [1.82, 2.24) is 15.0 Å². The van der Waals surface area contributed by atoms with Crippen molar-refractivity contribution in [3.05, 3.63) is 93.4 Å². The Hall–Kier alpha value is -4.00. The monoisotopic (exact) mass is 412 g/mol. The van der Waals surface area contributed by atoms with Crippen molar-refractivity contribution in [3.8, 4) is 5.75 Å². The van der Waals surface area contributed by atoms with Crippen molar-refractivity contribution in [1.29, 1.82) is 0 Å². The quantitative estimate of drug-likeness (QED) is 0.473. The summed E-state index contributed by atoms with van der Waals surface area (Å²) in [6, 6.07) is 16.8. The van der Waals surface area contributed by atoms with Crippen molar-refractivity contribution < 1.29 is 9.90 Å². The molecule has 0 saturated carbocycles. The standard InChI is InChI=1S/C24H20N4O3/c29-19-9-5-4-8-16(19)15-10-17-18(20(30)11-15)13-25-22-21(17)23(31)28-24(27-22)26-12-14-6-2-1-3-7-14/h1-9,13,15,29H,10-12H2,(H2,25,26,27,28,31). The summed E-state index contributed by atoms with van der Waals surface area (Å²) >= 11 is 0. The van der Waals surface area contributed by atoms with Crippen LogP contribution in [0.15, 0.2) is 65.6 Å². The van der Waals surface area contributed by atoms with Crippen molar-refractivity contribution >= 4 is 22.8 Å². The van der Waals surface area contributed by atoms with E-state index in [0.29, 0.717) is 46.6 Å². The zero-order valence-electron chi connectivity index (χ0n) is 16.6. The van der Waals surface area contributed by atoms with Crippen LogP contribution in [0.1, 0.15) is 39.4 Å². The molecule has 7 nitrogen and oxygen atoms in total. The molecule has 3 N–H and O–H groups in total. The highest BCUT2D eigenvalue weighted by Crippen LogP contribution is 2.37. The number of nitrogens with one attached hydrogen (secondary N) is 2. The van der Waals surface area contributed by atoms with Gasteiger partial charge in [0.05, 0.1) is 5.39 Å². The molecule has 7 heteroatoms. The van der Waals surface area contributed by atoms with E-state index < -0.39 is 0 Å². The Kier molecular flexibility index (Phi) is 4.71. The molecule has 0 fully saturated rings. The number of carbonyl (C=O) groups is 1. The first-order valence-electron chi connectivity index (χ1n) is 10.1. The summed E-state index contributed by atoms with van der Waals surface area (Å²) in [7, 11) is 0. The maximum atomic E-state index is 13.0. The lowest BCUT2D eigenvalue weighted by atomic mass is 9.79. The van der Waals surface area contributed by atoms with Crippen molar-refractivity contribution in [2.24, 2.45) is 0 Å². The van der Waals surface area contributed by atoms with Crippen LogP contribution in [0.5, 0.6) is 5.75 Å². The Labute approximate surface area is 177 Å². The van der Waals surface area contributed by atoms with Gasteiger partial charge in [0.1, 0.15) is 5.75 Å². The molecule has 5 rings (SSSR count). The van der Waals surface area contributed by atoms with E-state index in [1.807, 2.05) is 42.5 Å². The molecule has 31 heavy (non-hydrogen) atoms. The summed E-state index contributed by atoms with van der Waals surface area (Å²) in [6.07, 6.45) is 2.23. The first-order chi connectivity index (χ1) is 15.1. The van der Waals surface area contributed by atoms with Crippen LogP contribution >= 0.6 is 0 Å². The van der Waals surface area contributed by atoms with Gasteiger partial charge in [-0.2, -0.15) is 4.98 Å². The molecule has 2 aromatic heterocycles. The van der Waals surface area contributed by atoms with E-state index in [1.165, 1.54) is 6.20 Å². The molecule has 2 heterocycles. The van der Waals surface area contributed by atoms with Crippen LogP contribution in [0.4, 0.5) is 5.95 Å². The maximum absolute atomic E-state index is 13.0. The van der Waals surface area contributed by atoms with E-state index in [2.05, 4.69) is 20.3 Å². The topological polar surface area (TPSA) is 108 Å². The van der Waals surface area contributed by atoms with E-state index in [4.69, 9.17) is 0 Å². The molecule has 1 unspecified atom stereocenters. The third-order valence-electron chi connectivity index (χ3n) is 5.71. The number of pyridine rings is 1. The fourth-order valence-corrected chi connectivity index (χ4v) is 4.19. The highest BCUT2D eigenvalue weighted by atomic mass is 16.3. The Bertz CT molecular complexity index is 1350. The lowest BCUT2D eigenvalue weighted by Crippen LogP contribution is -2.23. The number of nitrogens with zero attached hydrogens (tertiary/aromatic N) is 2. The molecule has 154 valence electrons. The highest BCUT2D eigenvalue weighted by Gasteiger charge is 2.30. The van der Waals surface area contributed by atoms with Crippen LogP contribution in [-0.2, 0) is 13.0 Å². The molecular weight excluding hydrogens is 392 g/mol. The SMILES string of the molecule is O=C1CC(c2ccccc2O)Cc2c1cnc1nc(NCc3ccccc3)[nH]c(=O)c21. The van der Waals surface area contributed by atoms with Gasteiger partial charge in [0.2, 0.25) is 5.95 Å². The first-order valence-corrected chi connectivity index (χ1v) is 10.1. The summed E-state index contributed by atoms with van der Waals surface area (Å²) in [6.45, 7) is 0.508. The number of rotatable bonds is 4. The smallest absolute Gasteiger partial charge is 0.262 e. The Balaban J connectivity index is 1.52. The predicted molar refractivity (Wildman–Crippen MR) is 117 cm³/mol. The van der Waals surface area contributed by atoms with Gasteiger partial charge < -0.3 is 10.4 Å². The van der Waals surface area contributed by atoms with Gasteiger partial charge in [-0.05, 0) is 35.1 Å². The van der Waals surface area contributed by atoms with Crippen LogP contribution in [0.25, 0.3) is 11.0 Å². The highest BCUT2D eigenvalue weighted by molar-refractivity contribution is 6.02. The number of phenolic OH excluding ortho intramolecular Hbond substituents is 1. The number of para-hydroxylation sites is 1. The van der Waals surface area contributed by atoms with Crippen LogP contribution in [-0.4, -0.2) is 25.8 Å². The second-order valence-corrected chi connectivity index (χ2v) is 7.69. The van der Waals surface area contributed by atoms with Crippen molar-refractivity contribution in [3.63, 3.8) is 0 Å².